The first-order chi connectivity index (χ1) is 12.1. The lowest BCUT2D eigenvalue weighted by Gasteiger charge is -2.19. The molecule has 0 saturated carbocycles. The molecule has 1 aliphatic rings. The number of nitrogens with zero attached hydrogens (tertiary/aromatic N) is 4. The minimum Gasteiger partial charge on any atom is -0.371 e. The van der Waals surface area contributed by atoms with E-state index in [-0.39, 0.29) is 0 Å². The van der Waals surface area contributed by atoms with Crippen LogP contribution in [0.15, 0.2) is 24.5 Å². The number of thiazole rings is 1. The van der Waals surface area contributed by atoms with Gasteiger partial charge in [-0.25, -0.2) is 23.7 Å². The van der Waals surface area contributed by atoms with Gasteiger partial charge in [0.05, 0.1) is 5.01 Å². The Hall–Kier alpha value is -2.35. The Morgan fingerprint density at radius 1 is 1.28 bits per heavy atom. The van der Waals surface area contributed by atoms with E-state index in [4.69, 9.17) is 0 Å². The van der Waals surface area contributed by atoms with Crippen molar-refractivity contribution in [2.75, 3.05) is 29.9 Å². The minimum absolute atomic E-state index is 0.401. The summed E-state index contributed by atoms with van der Waals surface area (Å²) in [6.45, 7) is 4.32. The number of fused-ring (bicyclic) bond motifs is 1. The van der Waals surface area contributed by atoms with Crippen LogP contribution in [0.5, 0.6) is 0 Å². The van der Waals surface area contributed by atoms with E-state index in [1.807, 2.05) is 6.92 Å². The Bertz CT molecular complexity index is 913. The van der Waals surface area contributed by atoms with E-state index in [1.165, 1.54) is 12.1 Å². The third kappa shape index (κ3) is 3.26. The first-order valence-electron chi connectivity index (χ1n) is 8.12. The van der Waals surface area contributed by atoms with Crippen LogP contribution in [0.1, 0.15) is 11.4 Å². The molecule has 4 rings (SSSR count). The van der Waals surface area contributed by atoms with Crippen molar-refractivity contribution < 1.29 is 8.78 Å². The van der Waals surface area contributed by atoms with E-state index < -0.39 is 11.6 Å². The van der Waals surface area contributed by atoms with Crippen molar-refractivity contribution >= 4 is 33.2 Å². The molecule has 1 fully saturated rings. The molecule has 1 aliphatic heterocycles. The number of hydrogen-bond donors (Lipinski definition) is 1. The van der Waals surface area contributed by atoms with Gasteiger partial charge in [-0.05, 0) is 31.4 Å². The van der Waals surface area contributed by atoms with E-state index >= 15 is 0 Å². The summed E-state index contributed by atoms with van der Waals surface area (Å²) in [6, 6.07) is 4.07. The van der Waals surface area contributed by atoms with E-state index in [9.17, 15) is 8.78 Å². The van der Waals surface area contributed by atoms with Gasteiger partial charge in [0, 0.05) is 31.4 Å². The van der Waals surface area contributed by atoms with E-state index in [0.717, 1.165) is 52.9 Å². The van der Waals surface area contributed by atoms with Crippen LogP contribution in [-0.2, 0) is 0 Å². The van der Waals surface area contributed by atoms with Crippen LogP contribution in [0.25, 0.3) is 10.3 Å². The molecule has 1 N–H and O–H groups in total. The monoisotopic (exact) mass is 361 g/mol. The normalized spacial score (nSPS) is 17.4. The van der Waals surface area contributed by atoms with E-state index in [0.29, 0.717) is 5.92 Å². The summed E-state index contributed by atoms with van der Waals surface area (Å²) in [4.78, 5) is 16.0. The summed E-state index contributed by atoms with van der Waals surface area (Å²) in [7, 11) is 0. The molecule has 1 aromatic carbocycles. The standard InChI is InChI=1S/C17H17F2N5S/c1-10-23-15-16(21-9-22-17(15)25-10)20-7-11-4-5-24(8-11)12-2-3-13(18)14(19)6-12/h2-3,6,9,11H,4-5,7-8H2,1H3,(H,20,21,22). The van der Waals surface area contributed by atoms with Crippen LogP contribution in [0.4, 0.5) is 20.3 Å². The number of aryl methyl sites for hydroxylation is 1. The fraction of sp³-hybridized carbons (Fsp3) is 0.353. The van der Waals surface area contributed by atoms with Crippen molar-refractivity contribution in [1.82, 2.24) is 15.0 Å². The summed E-state index contributed by atoms with van der Waals surface area (Å²) < 4.78 is 26.5. The number of nitrogens with one attached hydrogen (secondary N) is 1. The molecular formula is C17H17F2N5S. The highest BCUT2D eigenvalue weighted by Crippen LogP contribution is 2.27. The molecule has 3 heterocycles. The van der Waals surface area contributed by atoms with Crippen LogP contribution in [0.2, 0.25) is 0 Å². The van der Waals surface area contributed by atoms with Crippen molar-refractivity contribution in [3.8, 4) is 0 Å². The largest absolute Gasteiger partial charge is 0.371 e. The Kier molecular flexibility index (Phi) is 4.20. The van der Waals surface area contributed by atoms with Crippen LogP contribution in [-0.4, -0.2) is 34.6 Å². The molecule has 1 saturated heterocycles. The quantitative estimate of drug-likeness (QED) is 0.769. The SMILES string of the molecule is Cc1nc2c(NCC3CCN(c4ccc(F)c(F)c4)C3)ncnc2s1. The first-order valence-corrected chi connectivity index (χ1v) is 8.94. The topological polar surface area (TPSA) is 53.9 Å². The van der Waals surface area contributed by atoms with Gasteiger partial charge in [0.25, 0.3) is 0 Å². The highest BCUT2D eigenvalue weighted by molar-refractivity contribution is 7.18. The molecular weight excluding hydrogens is 344 g/mol. The summed E-state index contributed by atoms with van der Waals surface area (Å²) in [6.07, 6.45) is 2.53. The molecule has 0 radical (unpaired) electrons. The van der Waals surface area contributed by atoms with Crippen molar-refractivity contribution in [2.24, 2.45) is 5.92 Å². The van der Waals surface area contributed by atoms with Gasteiger partial charge in [-0.1, -0.05) is 11.3 Å². The molecule has 130 valence electrons. The lowest BCUT2D eigenvalue weighted by Crippen LogP contribution is -2.22. The molecule has 1 atom stereocenters. The average Bonchev–Trinajstić information content (AvgIpc) is 3.21. The second-order valence-corrected chi connectivity index (χ2v) is 7.37. The summed E-state index contributed by atoms with van der Waals surface area (Å²) >= 11 is 1.55. The predicted octanol–water partition coefficient (Wildman–Crippen LogP) is 3.61. The summed E-state index contributed by atoms with van der Waals surface area (Å²) in [5, 5.41) is 4.33. The number of anilines is 2. The zero-order chi connectivity index (χ0) is 17.4. The van der Waals surface area contributed by atoms with Crippen LogP contribution in [0, 0.1) is 24.5 Å². The van der Waals surface area contributed by atoms with Crippen LogP contribution in [0.3, 0.4) is 0 Å². The second kappa shape index (κ2) is 6.51. The first kappa shape index (κ1) is 16.1. The number of halogens is 2. The molecule has 5 nitrogen and oxygen atoms in total. The Balaban J connectivity index is 1.41. The van der Waals surface area contributed by atoms with Gasteiger partial charge >= 0.3 is 0 Å². The Labute approximate surface area is 147 Å². The molecule has 8 heteroatoms. The average molecular weight is 361 g/mol. The zero-order valence-corrected chi connectivity index (χ0v) is 14.5. The maximum Gasteiger partial charge on any atom is 0.160 e. The summed E-state index contributed by atoms with van der Waals surface area (Å²) in [5.41, 5.74) is 1.53. The number of benzene rings is 1. The van der Waals surface area contributed by atoms with E-state index in [1.54, 1.807) is 23.7 Å². The number of aromatic nitrogens is 3. The fourth-order valence-corrected chi connectivity index (χ4v) is 3.90. The third-order valence-corrected chi connectivity index (χ3v) is 5.29. The van der Waals surface area contributed by atoms with Crippen LogP contribution >= 0.6 is 11.3 Å². The maximum atomic E-state index is 13.4. The fourth-order valence-electron chi connectivity index (χ4n) is 3.14. The predicted molar refractivity (Wildman–Crippen MR) is 95.1 cm³/mol. The molecule has 1 unspecified atom stereocenters. The number of hydrogen-bond acceptors (Lipinski definition) is 6. The van der Waals surface area contributed by atoms with Gasteiger partial charge in [-0.15, -0.1) is 0 Å². The molecule has 0 aliphatic carbocycles. The van der Waals surface area contributed by atoms with Gasteiger partial charge in [-0.3, -0.25) is 0 Å². The number of rotatable bonds is 4. The third-order valence-electron chi connectivity index (χ3n) is 4.41. The van der Waals surface area contributed by atoms with Gasteiger partial charge in [-0.2, -0.15) is 0 Å². The molecule has 0 amide bonds. The molecule has 25 heavy (non-hydrogen) atoms. The van der Waals surface area contributed by atoms with Crippen molar-refractivity contribution in [1.29, 1.82) is 0 Å². The highest BCUT2D eigenvalue weighted by Gasteiger charge is 2.23. The lowest BCUT2D eigenvalue weighted by molar-refractivity contribution is 0.508. The molecule has 0 spiro atoms. The Morgan fingerprint density at radius 2 is 2.16 bits per heavy atom. The van der Waals surface area contributed by atoms with E-state index in [2.05, 4.69) is 25.2 Å². The van der Waals surface area contributed by atoms with Crippen molar-refractivity contribution in [3.63, 3.8) is 0 Å². The molecule has 2 aromatic heterocycles. The summed E-state index contributed by atoms with van der Waals surface area (Å²) in [5.74, 6) is -0.465. The van der Waals surface area contributed by atoms with Gasteiger partial charge in [0.2, 0.25) is 0 Å². The van der Waals surface area contributed by atoms with Gasteiger partial charge < -0.3 is 10.2 Å². The molecule has 3 aromatic rings. The second-order valence-electron chi connectivity index (χ2n) is 6.19. The Morgan fingerprint density at radius 3 is 3.00 bits per heavy atom. The van der Waals surface area contributed by atoms with Crippen LogP contribution < -0.4 is 10.2 Å². The maximum absolute atomic E-state index is 13.4. The van der Waals surface area contributed by atoms with Crippen molar-refractivity contribution in [3.05, 3.63) is 41.2 Å². The zero-order valence-electron chi connectivity index (χ0n) is 13.7. The van der Waals surface area contributed by atoms with Gasteiger partial charge in [0.1, 0.15) is 16.7 Å². The lowest BCUT2D eigenvalue weighted by atomic mass is 10.1. The minimum atomic E-state index is -0.813. The smallest absolute Gasteiger partial charge is 0.160 e. The highest BCUT2D eigenvalue weighted by atomic mass is 32.1. The van der Waals surface area contributed by atoms with Crippen molar-refractivity contribution in [2.45, 2.75) is 13.3 Å². The molecule has 0 bridgehead atoms. The van der Waals surface area contributed by atoms with Gasteiger partial charge in [0.15, 0.2) is 17.5 Å².